The summed E-state index contributed by atoms with van der Waals surface area (Å²) in [4.78, 5) is 14.1. The van der Waals surface area contributed by atoms with E-state index in [0.29, 0.717) is 5.92 Å². The van der Waals surface area contributed by atoms with Crippen LogP contribution in [0.5, 0.6) is 0 Å². The first kappa shape index (κ1) is 22.2. The molecular formula is C13H29Cl2N3O2. The summed E-state index contributed by atoms with van der Waals surface area (Å²) < 4.78 is 5.32. The Hall–Kier alpha value is -0.0700. The van der Waals surface area contributed by atoms with E-state index in [0.717, 1.165) is 45.9 Å². The number of amides is 1. The first-order chi connectivity index (χ1) is 8.63. The van der Waals surface area contributed by atoms with Crippen LogP contribution in [-0.2, 0) is 9.53 Å². The molecule has 1 rings (SSSR count). The highest BCUT2D eigenvalue weighted by molar-refractivity contribution is 5.85. The molecule has 122 valence electrons. The van der Waals surface area contributed by atoms with Crippen molar-refractivity contribution in [2.24, 2.45) is 11.8 Å². The lowest BCUT2D eigenvalue weighted by Crippen LogP contribution is -2.42. The molecule has 2 unspecified atom stereocenters. The van der Waals surface area contributed by atoms with Crippen LogP contribution < -0.4 is 10.6 Å². The van der Waals surface area contributed by atoms with E-state index in [9.17, 15) is 4.79 Å². The molecule has 1 aliphatic heterocycles. The molecule has 0 aromatic heterocycles. The third kappa shape index (κ3) is 8.97. The monoisotopic (exact) mass is 329 g/mol. The molecule has 0 aliphatic carbocycles. The van der Waals surface area contributed by atoms with Gasteiger partial charge in [-0.25, -0.2) is 0 Å². The molecule has 1 aliphatic rings. The second-order valence-corrected chi connectivity index (χ2v) is 5.22. The lowest BCUT2D eigenvalue weighted by molar-refractivity contribution is -0.124. The highest BCUT2D eigenvalue weighted by Gasteiger charge is 2.16. The summed E-state index contributed by atoms with van der Waals surface area (Å²) in [6.07, 6.45) is 0. The van der Waals surface area contributed by atoms with Gasteiger partial charge in [0, 0.05) is 38.6 Å². The average molecular weight is 330 g/mol. The number of nitrogens with one attached hydrogen (secondary N) is 2. The maximum Gasteiger partial charge on any atom is 0.224 e. The van der Waals surface area contributed by atoms with E-state index in [1.54, 1.807) is 0 Å². The van der Waals surface area contributed by atoms with Crippen LogP contribution in [0.25, 0.3) is 0 Å². The second kappa shape index (κ2) is 12.7. The van der Waals surface area contributed by atoms with Crippen LogP contribution in [0.3, 0.4) is 0 Å². The number of nitrogens with zero attached hydrogens (tertiary/aromatic N) is 1. The Labute approximate surface area is 135 Å². The van der Waals surface area contributed by atoms with Crippen LogP contribution in [0, 0.1) is 11.8 Å². The molecule has 0 radical (unpaired) electrons. The fraction of sp³-hybridized carbons (Fsp3) is 0.923. The molecule has 0 saturated carbocycles. The average Bonchev–Trinajstić information content (AvgIpc) is 2.37. The fourth-order valence-corrected chi connectivity index (χ4v) is 2.14. The summed E-state index contributed by atoms with van der Waals surface area (Å²) in [7, 11) is 1.87. The maximum absolute atomic E-state index is 11.7. The fourth-order valence-electron chi connectivity index (χ4n) is 2.14. The number of ether oxygens (including phenoxy) is 1. The van der Waals surface area contributed by atoms with Gasteiger partial charge >= 0.3 is 0 Å². The van der Waals surface area contributed by atoms with Gasteiger partial charge in [0.15, 0.2) is 0 Å². The Kier molecular flexibility index (Phi) is 14.1. The zero-order valence-electron chi connectivity index (χ0n) is 12.7. The van der Waals surface area contributed by atoms with Crippen LogP contribution in [0.4, 0.5) is 0 Å². The zero-order valence-corrected chi connectivity index (χ0v) is 14.3. The predicted octanol–water partition coefficient (Wildman–Crippen LogP) is 0.770. The van der Waals surface area contributed by atoms with E-state index >= 15 is 0 Å². The van der Waals surface area contributed by atoms with E-state index in [1.807, 2.05) is 14.0 Å². The highest BCUT2D eigenvalue weighted by atomic mass is 35.5. The molecule has 5 nitrogen and oxygen atoms in total. The van der Waals surface area contributed by atoms with Crippen LogP contribution in [0.2, 0.25) is 0 Å². The van der Waals surface area contributed by atoms with Crippen LogP contribution in [-0.4, -0.2) is 63.8 Å². The SMILES string of the molecule is CNCC(C)C(=O)NCC(C)CN1CCOCC1.Cl.Cl. The Morgan fingerprint density at radius 2 is 1.80 bits per heavy atom. The molecule has 0 aromatic rings. The van der Waals surface area contributed by atoms with Gasteiger partial charge in [-0.05, 0) is 13.0 Å². The number of morpholine rings is 1. The minimum Gasteiger partial charge on any atom is -0.379 e. The second-order valence-electron chi connectivity index (χ2n) is 5.22. The summed E-state index contributed by atoms with van der Waals surface area (Å²) >= 11 is 0. The quantitative estimate of drug-likeness (QED) is 0.724. The first-order valence-electron chi connectivity index (χ1n) is 6.86. The predicted molar refractivity (Wildman–Crippen MR) is 87.0 cm³/mol. The van der Waals surface area contributed by atoms with E-state index < -0.39 is 0 Å². The van der Waals surface area contributed by atoms with E-state index in [4.69, 9.17) is 4.74 Å². The van der Waals surface area contributed by atoms with Crippen molar-refractivity contribution in [3.05, 3.63) is 0 Å². The molecule has 0 aromatic carbocycles. The van der Waals surface area contributed by atoms with Crippen molar-refractivity contribution in [1.29, 1.82) is 0 Å². The van der Waals surface area contributed by atoms with Crippen molar-refractivity contribution >= 4 is 30.7 Å². The third-order valence-electron chi connectivity index (χ3n) is 3.26. The molecule has 0 spiro atoms. The van der Waals surface area contributed by atoms with Gasteiger partial charge in [0.05, 0.1) is 13.2 Å². The molecule has 1 heterocycles. The number of rotatable bonds is 7. The summed E-state index contributed by atoms with van der Waals surface area (Å²) in [6.45, 7) is 10.3. The lowest BCUT2D eigenvalue weighted by Gasteiger charge is -2.29. The van der Waals surface area contributed by atoms with Gasteiger partial charge in [-0.1, -0.05) is 13.8 Å². The molecule has 1 fully saturated rings. The van der Waals surface area contributed by atoms with Crippen LogP contribution in [0.1, 0.15) is 13.8 Å². The summed E-state index contributed by atoms with van der Waals surface area (Å²) in [6, 6.07) is 0. The van der Waals surface area contributed by atoms with E-state index in [-0.39, 0.29) is 36.6 Å². The van der Waals surface area contributed by atoms with Crippen LogP contribution >= 0.6 is 24.8 Å². The van der Waals surface area contributed by atoms with Gasteiger partial charge in [-0.2, -0.15) is 0 Å². The number of carbonyl (C=O) groups excluding carboxylic acids is 1. The largest absolute Gasteiger partial charge is 0.379 e. The van der Waals surface area contributed by atoms with Gasteiger partial charge in [-0.3, -0.25) is 9.69 Å². The Morgan fingerprint density at radius 3 is 2.35 bits per heavy atom. The standard InChI is InChI=1S/C13H27N3O2.2ClH/c1-11(10-16-4-6-18-7-5-16)8-15-13(17)12(2)9-14-3;;/h11-12,14H,4-10H2,1-3H3,(H,15,17);2*1H. The first-order valence-corrected chi connectivity index (χ1v) is 6.86. The van der Waals surface area contributed by atoms with Crippen molar-refractivity contribution in [3.8, 4) is 0 Å². The third-order valence-corrected chi connectivity index (χ3v) is 3.26. The molecular weight excluding hydrogens is 301 g/mol. The molecule has 2 N–H and O–H groups in total. The van der Waals surface area contributed by atoms with Crippen LogP contribution in [0.15, 0.2) is 0 Å². The Balaban J connectivity index is 0. The number of hydrogen-bond acceptors (Lipinski definition) is 4. The summed E-state index contributed by atoms with van der Waals surface area (Å²) in [5.74, 6) is 0.651. The smallest absolute Gasteiger partial charge is 0.224 e. The minimum atomic E-state index is 0. The van der Waals surface area contributed by atoms with Gasteiger partial charge in [0.25, 0.3) is 0 Å². The summed E-state index contributed by atoms with van der Waals surface area (Å²) in [5, 5.41) is 6.04. The molecule has 2 atom stereocenters. The van der Waals surface area contributed by atoms with Crippen molar-refractivity contribution in [1.82, 2.24) is 15.5 Å². The van der Waals surface area contributed by atoms with Gasteiger partial charge in [0.1, 0.15) is 0 Å². The van der Waals surface area contributed by atoms with Crippen molar-refractivity contribution < 1.29 is 9.53 Å². The molecule has 0 bridgehead atoms. The highest BCUT2D eigenvalue weighted by Crippen LogP contribution is 2.03. The van der Waals surface area contributed by atoms with Crippen molar-refractivity contribution in [2.45, 2.75) is 13.8 Å². The molecule has 7 heteroatoms. The topological polar surface area (TPSA) is 53.6 Å². The van der Waals surface area contributed by atoms with E-state index in [2.05, 4.69) is 22.5 Å². The van der Waals surface area contributed by atoms with E-state index in [1.165, 1.54) is 0 Å². The normalized spacial score (nSPS) is 18.4. The van der Waals surface area contributed by atoms with Gasteiger partial charge in [0.2, 0.25) is 5.91 Å². The van der Waals surface area contributed by atoms with Gasteiger partial charge in [-0.15, -0.1) is 24.8 Å². The minimum absolute atomic E-state index is 0. The summed E-state index contributed by atoms with van der Waals surface area (Å²) in [5.41, 5.74) is 0. The Morgan fingerprint density at radius 1 is 1.20 bits per heavy atom. The van der Waals surface area contributed by atoms with Gasteiger partial charge < -0.3 is 15.4 Å². The Bertz CT molecular complexity index is 252. The number of halogens is 2. The van der Waals surface area contributed by atoms with Crippen molar-refractivity contribution in [2.75, 3.05) is 53.0 Å². The lowest BCUT2D eigenvalue weighted by atomic mass is 10.1. The number of hydrogen-bond donors (Lipinski definition) is 2. The molecule has 1 saturated heterocycles. The zero-order chi connectivity index (χ0) is 13.4. The molecule has 20 heavy (non-hydrogen) atoms. The number of carbonyl (C=O) groups is 1. The maximum atomic E-state index is 11.7. The molecule has 1 amide bonds. The van der Waals surface area contributed by atoms with Crippen molar-refractivity contribution in [3.63, 3.8) is 0 Å².